The smallest absolute Gasteiger partial charge is 0.244 e. The van der Waals surface area contributed by atoms with Crippen molar-refractivity contribution in [1.82, 2.24) is 5.32 Å². The molecule has 1 saturated heterocycles. The van der Waals surface area contributed by atoms with Crippen molar-refractivity contribution in [3.05, 3.63) is 17.2 Å². The van der Waals surface area contributed by atoms with E-state index in [-0.39, 0.29) is 11.9 Å². The zero-order valence-electron chi connectivity index (χ0n) is 11.4. The molecule has 7 heteroatoms. The van der Waals surface area contributed by atoms with E-state index in [1.807, 2.05) is 0 Å². The first-order valence-electron chi connectivity index (χ1n) is 6.19. The summed E-state index contributed by atoms with van der Waals surface area (Å²) >= 11 is 6.02. The van der Waals surface area contributed by atoms with Crippen molar-refractivity contribution in [2.75, 3.05) is 39.3 Å². The fourth-order valence-corrected chi connectivity index (χ4v) is 2.14. The van der Waals surface area contributed by atoms with Crippen LogP contribution < -0.4 is 20.1 Å². The maximum Gasteiger partial charge on any atom is 0.244 e. The lowest BCUT2D eigenvalue weighted by atomic mass is 10.2. The molecule has 1 aromatic rings. The van der Waals surface area contributed by atoms with Gasteiger partial charge in [-0.3, -0.25) is 4.79 Å². The first-order chi connectivity index (χ1) is 9.65. The van der Waals surface area contributed by atoms with Gasteiger partial charge in [-0.15, -0.1) is 0 Å². The lowest BCUT2D eigenvalue weighted by Crippen LogP contribution is -2.48. The summed E-state index contributed by atoms with van der Waals surface area (Å²) in [7, 11) is 3.02. The van der Waals surface area contributed by atoms with Crippen molar-refractivity contribution < 1.29 is 19.0 Å². The van der Waals surface area contributed by atoms with E-state index in [0.717, 1.165) is 0 Å². The van der Waals surface area contributed by atoms with Gasteiger partial charge in [0.15, 0.2) is 0 Å². The number of ether oxygens (including phenoxy) is 3. The number of benzene rings is 1. The number of rotatable bonds is 4. The van der Waals surface area contributed by atoms with Gasteiger partial charge in [0.05, 0.1) is 38.1 Å². The van der Waals surface area contributed by atoms with Gasteiger partial charge in [-0.05, 0) is 0 Å². The van der Waals surface area contributed by atoms with Crippen LogP contribution in [-0.2, 0) is 9.53 Å². The molecule has 0 aliphatic carbocycles. The minimum Gasteiger partial charge on any atom is -0.495 e. The molecule has 0 spiro atoms. The van der Waals surface area contributed by atoms with Gasteiger partial charge in [0.25, 0.3) is 0 Å². The third-order valence-corrected chi connectivity index (χ3v) is 3.27. The van der Waals surface area contributed by atoms with Crippen LogP contribution in [0.5, 0.6) is 11.5 Å². The van der Waals surface area contributed by atoms with E-state index < -0.39 is 0 Å². The van der Waals surface area contributed by atoms with Crippen molar-refractivity contribution in [3.63, 3.8) is 0 Å². The second kappa shape index (κ2) is 6.78. The molecule has 1 aliphatic rings. The standard InChI is InChI=1S/C13H17ClN2O4/c1-18-11-6-9(12(19-2)5-8(11)14)16-13(17)10-7-20-4-3-15-10/h5-6,10,15H,3-4,7H2,1-2H3,(H,16,17). The van der Waals surface area contributed by atoms with Crippen LogP contribution in [0, 0.1) is 0 Å². The molecule has 1 atom stereocenters. The summed E-state index contributed by atoms with van der Waals surface area (Å²) in [6.07, 6.45) is 0. The van der Waals surface area contributed by atoms with Crippen LogP contribution in [0.25, 0.3) is 0 Å². The summed E-state index contributed by atoms with van der Waals surface area (Å²) in [6.45, 7) is 1.61. The monoisotopic (exact) mass is 300 g/mol. The number of methoxy groups -OCH3 is 2. The molecule has 0 aromatic heterocycles. The Bertz CT molecular complexity index is 490. The zero-order valence-corrected chi connectivity index (χ0v) is 12.1. The van der Waals surface area contributed by atoms with E-state index in [1.54, 1.807) is 12.1 Å². The molecule has 1 heterocycles. The van der Waals surface area contributed by atoms with E-state index in [9.17, 15) is 4.79 Å². The molecule has 1 amide bonds. The fourth-order valence-electron chi connectivity index (χ4n) is 1.91. The highest BCUT2D eigenvalue weighted by Gasteiger charge is 2.22. The molecule has 2 rings (SSSR count). The Kier molecular flexibility index (Phi) is 5.05. The molecule has 20 heavy (non-hydrogen) atoms. The average molecular weight is 301 g/mol. The predicted molar refractivity (Wildman–Crippen MR) is 75.8 cm³/mol. The van der Waals surface area contributed by atoms with Gasteiger partial charge in [-0.25, -0.2) is 0 Å². The molecular weight excluding hydrogens is 284 g/mol. The summed E-state index contributed by atoms with van der Waals surface area (Å²) in [6, 6.07) is 2.85. The normalized spacial score (nSPS) is 18.4. The maximum atomic E-state index is 12.1. The second-order valence-corrected chi connectivity index (χ2v) is 4.67. The van der Waals surface area contributed by atoms with Crippen molar-refractivity contribution in [1.29, 1.82) is 0 Å². The number of amides is 1. The molecule has 2 N–H and O–H groups in total. The first-order valence-corrected chi connectivity index (χ1v) is 6.57. The third-order valence-electron chi connectivity index (χ3n) is 2.97. The molecule has 0 radical (unpaired) electrons. The van der Waals surface area contributed by atoms with E-state index in [4.69, 9.17) is 25.8 Å². The number of morpholine rings is 1. The van der Waals surface area contributed by atoms with E-state index >= 15 is 0 Å². The lowest BCUT2D eigenvalue weighted by molar-refractivity contribution is -0.120. The maximum absolute atomic E-state index is 12.1. The molecule has 1 aliphatic heterocycles. The van der Waals surface area contributed by atoms with Crippen LogP contribution in [0.3, 0.4) is 0 Å². The van der Waals surface area contributed by atoms with Crippen LogP contribution in [-0.4, -0.2) is 45.9 Å². The summed E-state index contributed by atoms with van der Waals surface area (Å²) in [4.78, 5) is 12.1. The van der Waals surface area contributed by atoms with Crippen molar-refractivity contribution in [2.45, 2.75) is 6.04 Å². The van der Waals surface area contributed by atoms with Gasteiger partial charge in [0.2, 0.25) is 5.91 Å². The number of nitrogens with one attached hydrogen (secondary N) is 2. The minimum atomic E-state index is -0.380. The predicted octanol–water partition coefficient (Wildman–Crippen LogP) is 1.28. The van der Waals surface area contributed by atoms with Crippen LogP contribution in [0.4, 0.5) is 5.69 Å². The van der Waals surface area contributed by atoms with Gasteiger partial charge in [-0.1, -0.05) is 11.6 Å². The Morgan fingerprint density at radius 2 is 2.15 bits per heavy atom. The highest BCUT2D eigenvalue weighted by Crippen LogP contribution is 2.35. The van der Waals surface area contributed by atoms with Gasteiger partial charge in [-0.2, -0.15) is 0 Å². The zero-order chi connectivity index (χ0) is 14.5. The van der Waals surface area contributed by atoms with Crippen LogP contribution >= 0.6 is 11.6 Å². The molecule has 0 saturated carbocycles. The summed E-state index contributed by atoms with van der Waals surface area (Å²) in [5.41, 5.74) is 0.506. The average Bonchev–Trinajstić information content (AvgIpc) is 2.49. The Morgan fingerprint density at radius 3 is 2.75 bits per heavy atom. The molecule has 0 bridgehead atoms. The molecule has 1 fully saturated rings. The Balaban J connectivity index is 2.16. The number of hydrogen-bond acceptors (Lipinski definition) is 5. The van der Waals surface area contributed by atoms with Crippen molar-refractivity contribution in [2.24, 2.45) is 0 Å². The largest absolute Gasteiger partial charge is 0.495 e. The highest BCUT2D eigenvalue weighted by atomic mass is 35.5. The molecular formula is C13H17ClN2O4. The number of carbonyl (C=O) groups excluding carboxylic acids is 1. The quantitative estimate of drug-likeness (QED) is 0.877. The van der Waals surface area contributed by atoms with Crippen LogP contribution in [0.2, 0.25) is 5.02 Å². The Hall–Kier alpha value is -1.50. The van der Waals surface area contributed by atoms with Crippen LogP contribution in [0.1, 0.15) is 0 Å². The molecule has 1 aromatic carbocycles. The lowest BCUT2D eigenvalue weighted by Gasteiger charge is -2.23. The molecule has 110 valence electrons. The van der Waals surface area contributed by atoms with Gasteiger partial charge >= 0.3 is 0 Å². The van der Waals surface area contributed by atoms with Crippen molar-refractivity contribution >= 4 is 23.2 Å². The summed E-state index contributed by atoms with van der Waals surface area (Å²) in [5.74, 6) is 0.754. The van der Waals surface area contributed by atoms with Gasteiger partial charge < -0.3 is 24.8 Å². The first kappa shape index (κ1) is 14.9. The SMILES string of the molecule is COc1cc(NC(=O)C2COCCN2)c(OC)cc1Cl. The molecule has 1 unspecified atom stereocenters. The van der Waals surface area contributed by atoms with E-state index in [0.29, 0.717) is 42.0 Å². The topological polar surface area (TPSA) is 68.8 Å². The summed E-state index contributed by atoms with van der Waals surface area (Å²) < 4.78 is 15.6. The van der Waals surface area contributed by atoms with E-state index in [2.05, 4.69) is 10.6 Å². The third kappa shape index (κ3) is 3.33. The summed E-state index contributed by atoms with van der Waals surface area (Å²) in [5, 5.41) is 6.29. The minimum absolute atomic E-state index is 0.188. The Labute approximate surface area is 122 Å². The fraction of sp³-hybridized carbons (Fsp3) is 0.462. The van der Waals surface area contributed by atoms with Crippen LogP contribution in [0.15, 0.2) is 12.1 Å². The van der Waals surface area contributed by atoms with Gasteiger partial charge in [0, 0.05) is 18.7 Å². The number of carbonyl (C=O) groups is 1. The number of anilines is 1. The number of hydrogen-bond donors (Lipinski definition) is 2. The Morgan fingerprint density at radius 1 is 1.40 bits per heavy atom. The molecule has 6 nitrogen and oxygen atoms in total. The van der Waals surface area contributed by atoms with Crippen molar-refractivity contribution in [3.8, 4) is 11.5 Å². The van der Waals surface area contributed by atoms with Gasteiger partial charge in [0.1, 0.15) is 17.5 Å². The number of halogens is 1. The highest BCUT2D eigenvalue weighted by molar-refractivity contribution is 6.32. The van der Waals surface area contributed by atoms with E-state index in [1.165, 1.54) is 14.2 Å². The second-order valence-electron chi connectivity index (χ2n) is 4.26.